The normalized spacial score (nSPS) is 11.6. The number of nitrogens with zero attached hydrogens (tertiary/aromatic N) is 4. The van der Waals surface area contributed by atoms with Gasteiger partial charge in [-0.05, 0) is 31.2 Å². The summed E-state index contributed by atoms with van der Waals surface area (Å²) in [4.78, 5) is 12.4. The van der Waals surface area contributed by atoms with Gasteiger partial charge in [0.2, 0.25) is 11.7 Å². The van der Waals surface area contributed by atoms with Crippen molar-refractivity contribution in [3.8, 4) is 17.1 Å². The van der Waals surface area contributed by atoms with Crippen LogP contribution >= 0.6 is 0 Å². The third kappa shape index (κ3) is 3.10. The van der Waals surface area contributed by atoms with Crippen LogP contribution in [0.5, 0.6) is 5.88 Å². The summed E-state index contributed by atoms with van der Waals surface area (Å²) in [6, 6.07) is 23.3. The predicted octanol–water partition coefficient (Wildman–Crippen LogP) is 6.21. The van der Waals surface area contributed by atoms with Gasteiger partial charge in [-0.15, -0.1) is 10.2 Å². The monoisotopic (exact) mass is 379 g/mol. The summed E-state index contributed by atoms with van der Waals surface area (Å²) in [5.41, 5.74) is 5.33. The van der Waals surface area contributed by atoms with Gasteiger partial charge in [0.15, 0.2) is 5.69 Å². The Morgan fingerprint density at radius 3 is 2.34 bits per heavy atom. The highest BCUT2D eigenvalue weighted by molar-refractivity contribution is 5.94. The molecule has 5 rings (SSSR count). The van der Waals surface area contributed by atoms with Crippen LogP contribution < -0.4 is 0 Å². The number of aromatic nitrogens is 3. The van der Waals surface area contributed by atoms with E-state index in [-0.39, 0.29) is 5.88 Å². The molecule has 29 heavy (non-hydrogen) atoms. The number of para-hydroxylation sites is 2. The van der Waals surface area contributed by atoms with E-state index in [4.69, 9.17) is 4.98 Å². The molecular formula is C23H17N5O. The van der Waals surface area contributed by atoms with Gasteiger partial charge in [0.1, 0.15) is 5.69 Å². The van der Waals surface area contributed by atoms with Gasteiger partial charge in [0.25, 0.3) is 0 Å². The number of aromatic hydroxyl groups is 1. The standard InChI is InChI=1S/C23H17N5O/c1-14-11-12-17-16(13-14)21(23(29)26-17)27-28-22-20(15-7-3-2-4-8-15)24-18-9-5-6-10-19(18)25-22/h2-13,26,29H,1H3. The Morgan fingerprint density at radius 1 is 0.828 bits per heavy atom. The maximum absolute atomic E-state index is 10.3. The molecular weight excluding hydrogens is 362 g/mol. The van der Waals surface area contributed by atoms with Crippen molar-refractivity contribution in [3.05, 3.63) is 78.4 Å². The van der Waals surface area contributed by atoms with Crippen molar-refractivity contribution in [1.82, 2.24) is 15.0 Å². The average Bonchev–Trinajstić information content (AvgIpc) is 3.06. The zero-order valence-electron chi connectivity index (χ0n) is 15.7. The van der Waals surface area contributed by atoms with Crippen LogP contribution in [0.1, 0.15) is 5.56 Å². The van der Waals surface area contributed by atoms with E-state index in [1.807, 2.05) is 79.7 Å². The summed E-state index contributed by atoms with van der Waals surface area (Å²) in [5, 5.41) is 19.8. The first-order chi connectivity index (χ1) is 14.2. The lowest BCUT2D eigenvalue weighted by Crippen LogP contribution is -1.90. The Balaban J connectivity index is 1.69. The number of nitrogens with one attached hydrogen (secondary N) is 1. The smallest absolute Gasteiger partial charge is 0.218 e. The molecule has 0 aliphatic carbocycles. The molecule has 0 amide bonds. The van der Waals surface area contributed by atoms with E-state index in [1.165, 1.54) is 0 Å². The van der Waals surface area contributed by atoms with Crippen molar-refractivity contribution in [2.45, 2.75) is 6.92 Å². The van der Waals surface area contributed by atoms with E-state index >= 15 is 0 Å². The highest BCUT2D eigenvalue weighted by Crippen LogP contribution is 2.37. The van der Waals surface area contributed by atoms with Crippen LogP contribution in [0.4, 0.5) is 11.5 Å². The molecule has 6 nitrogen and oxygen atoms in total. The van der Waals surface area contributed by atoms with Crippen LogP contribution in [0, 0.1) is 6.92 Å². The zero-order valence-corrected chi connectivity index (χ0v) is 15.7. The van der Waals surface area contributed by atoms with Gasteiger partial charge >= 0.3 is 0 Å². The first-order valence-corrected chi connectivity index (χ1v) is 9.24. The summed E-state index contributed by atoms with van der Waals surface area (Å²) >= 11 is 0. The molecule has 0 atom stereocenters. The molecule has 140 valence electrons. The molecule has 2 aromatic heterocycles. The first-order valence-electron chi connectivity index (χ1n) is 9.24. The Morgan fingerprint density at radius 2 is 1.55 bits per heavy atom. The minimum Gasteiger partial charge on any atom is -0.493 e. The minimum atomic E-state index is -0.0237. The zero-order chi connectivity index (χ0) is 19.8. The lowest BCUT2D eigenvalue weighted by atomic mass is 10.1. The van der Waals surface area contributed by atoms with Crippen molar-refractivity contribution in [2.24, 2.45) is 10.2 Å². The maximum Gasteiger partial charge on any atom is 0.218 e. The number of hydrogen-bond donors (Lipinski definition) is 2. The fourth-order valence-corrected chi connectivity index (χ4v) is 3.33. The highest BCUT2D eigenvalue weighted by Gasteiger charge is 2.13. The van der Waals surface area contributed by atoms with E-state index in [0.29, 0.717) is 17.2 Å². The third-order valence-electron chi connectivity index (χ3n) is 4.75. The van der Waals surface area contributed by atoms with Crippen LogP contribution in [0.15, 0.2) is 83.0 Å². The van der Waals surface area contributed by atoms with Crippen LogP contribution in [-0.4, -0.2) is 20.1 Å². The van der Waals surface area contributed by atoms with Gasteiger partial charge in [-0.1, -0.05) is 54.1 Å². The molecule has 0 aliphatic rings. The molecule has 0 bridgehead atoms. The SMILES string of the molecule is Cc1ccc2[nH]c(O)c(N=Nc3nc4ccccc4nc3-c3ccccc3)c2c1. The van der Waals surface area contributed by atoms with Gasteiger partial charge in [-0.2, -0.15) is 0 Å². The van der Waals surface area contributed by atoms with Crippen molar-refractivity contribution >= 4 is 33.4 Å². The molecule has 2 N–H and O–H groups in total. The fraction of sp³-hybridized carbons (Fsp3) is 0.0435. The second-order valence-electron chi connectivity index (χ2n) is 6.82. The average molecular weight is 379 g/mol. The minimum absolute atomic E-state index is 0.0237. The van der Waals surface area contributed by atoms with E-state index in [9.17, 15) is 5.11 Å². The van der Waals surface area contributed by atoms with Crippen LogP contribution in [-0.2, 0) is 0 Å². The van der Waals surface area contributed by atoms with E-state index in [0.717, 1.165) is 33.1 Å². The second-order valence-corrected chi connectivity index (χ2v) is 6.82. The molecule has 0 radical (unpaired) electrons. The number of fused-ring (bicyclic) bond motifs is 2. The number of aryl methyl sites for hydroxylation is 1. The van der Waals surface area contributed by atoms with Gasteiger partial charge in [-0.3, -0.25) is 0 Å². The molecule has 0 saturated carbocycles. The number of aromatic amines is 1. The lowest BCUT2D eigenvalue weighted by molar-refractivity contribution is 0.459. The number of rotatable bonds is 3. The lowest BCUT2D eigenvalue weighted by Gasteiger charge is -2.06. The highest BCUT2D eigenvalue weighted by atomic mass is 16.3. The number of benzene rings is 3. The van der Waals surface area contributed by atoms with E-state index < -0.39 is 0 Å². The molecule has 5 aromatic rings. The molecule has 0 spiro atoms. The summed E-state index contributed by atoms with van der Waals surface area (Å²) in [5.74, 6) is 0.376. The molecule has 6 heteroatoms. The Labute approximate surface area is 166 Å². The van der Waals surface area contributed by atoms with Crippen molar-refractivity contribution in [2.75, 3.05) is 0 Å². The van der Waals surface area contributed by atoms with Gasteiger partial charge < -0.3 is 10.1 Å². The van der Waals surface area contributed by atoms with E-state index in [1.54, 1.807) is 0 Å². The topological polar surface area (TPSA) is 86.5 Å². The second kappa shape index (κ2) is 6.83. The van der Waals surface area contributed by atoms with Crippen LogP contribution in [0.3, 0.4) is 0 Å². The van der Waals surface area contributed by atoms with Crippen LogP contribution in [0.2, 0.25) is 0 Å². The van der Waals surface area contributed by atoms with Crippen molar-refractivity contribution in [1.29, 1.82) is 0 Å². The quantitative estimate of drug-likeness (QED) is 0.365. The molecule has 2 heterocycles. The number of azo groups is 1. The Hall–Kier alpha value is -4.06. The largest absolute Gasteiger partial charge is 0.493 e. The molecule has 0 saturated heterocycles. The Bertz CT molecular complexity index is 1370. The van der Waals surface area contributed by atoms with E-state index in [2.05, 4.69) is 20.2 Å². The summed E-state index contributed by atoms with van der Waals surface area (Å²) in [6.45, 7) is 1.99. The van der Waals surface area contributed by atoms with Gasteiger partial charge in [-0.25, -0.2) is 9.97 Å². The molecule has 0 aliphatic heterocycles. The van der Waals surface area contributed by atoms with Crippen molar-refractivity contribution in [3.63, 3.8) is 0 Å². The third-order valence-corrected chi connectivity index (χ3v) is 4.75. The van der Waals surface area contributed by atoms with Crippen LogP contribution in [0.25, 0.3) is 33.2 Å². The van der Waals surface area contributed by atoms with Gasteiger partial charge in [0.05, 0.1) is 16.6 Å². The molecule has 0 fully saturated rings. The molecule has 3 aromatic carbocycles. The summed E-state index contributed by atoms with van der Waals surface area (Å²) in [7, 11) is 0. The Kier molecular flexibility index (Phi) is 4.02. The number of hydrogen-bond acceptors (Lipinski definition) is 5. The first kappa shape index (κ1) is 17.1. The predicted molar refractivity (Wildman–Crippen MR) is 114 cm³/mol. The molecule has 0 unspecified atom stereocenters. The summed E-state index contributed by atoms with van der Waals surface area (Å²) < 4.78 is 0. The van der Waals surface area contributed by atoms with Gasteiger partial charge in [0, 0.05) is 10.9 Å². The maximum atomic E-state index is 10.3. The van der Waals surface area contributed by atoms with Crippen molar-refractivity contribution < 1.29 is 5.11 Å². The summed E-state index contributed by atoms with van der Waals surface area (Å²) in [6.07, 6.45) is 0. The number of H-pyrrole nitrogens is 1. The fourth-order valence-electron chi connectivity index (χ4n) is 3.33.